The van der Waals surface area contributed by atoms with Gasteiger partial charge in [-0.1, -0.05) is 0 Å². The molecule has 2 aromatic rings. The average molecular weight is 220 g/mol. The van der Waals surface area contributed by atoms with Crippen molar-refractivity contribution in [3.63, 3.8) is 0 Å². The zero-order valence-corrected chi connectivity index (χ0v) is 9.25. The number of aromatic nitrogens is 1. The van der Waals surface area contributed by atoms with Gasteiger partial charge in [0.2, 0.25) is 0 Å². The van der Waals surface area contributed by atoms with Crippen LogP contribution in [0, 0.1) is 0 Å². The van der Waals surface area contributed by atoms with Gasteiger partial charge in [0, 0.05) is 23.2 Å². The molecule has 0 saturated carbocycles. The molecule has 2 aromatic heterocycles. The van der Waals surface area contributed by atoms with Gasteiger partial charge in [-0.15, -0.1) is 11.8 Å². The number of pyridine rings is 1. The molecule has 0 fully saturated rings. The van der Waals surface area contributed by atoms with E-state index in [0.717, 1.165) is 17.9 Å². The summed E-state index contributed by atoms with van der Waals surface area (Å²) in [5.41, 5.74) is 1.12. The van der Waals surface area contributed by atoms with Gasteiger partial charge in [0.1, 0.15) is 5.82 Å². The first-order valence-electron chi connectivity index (χ1n) is 4.63. The van der Waals surface area contributed by atoms with Crippen molar-refractivity contribution in [2.45, 2.75) is 11.4 Å². The second-order valence-corrected chi connectivity index (χ2v) is 3.95. The Morgan fingerprint density at radius 1 is 1.40 bits per heavy atom. The van der Waals surface area contributed by atoms with Gasteiger partial charge in [0.05, 0.1) is 12.5 Å². The van der Waals surface area contributed by atoms with Gasteiger partial charge < -0.3 is 9.73 Å². The van der Waals surface area contributed by atoms with Crippen LogP contribution in [-0.4, -0.2) is 11.2 Å². The van der Waals surface area contributed by atoms with Crippen molar-refractivity contribution in [3.05, 3.63) is 42.5 Å². The van der Waals surface area contributed by atoms with Crippen molar-refractivity contribution in [1.29, 1.82) is 0 Å². The summed E-state index contributed by atoms with van der Waals surface area (Å²) in [4.78, 5) is 5.46. The van der Waals surface area contributed by atoms with Crippen LogP contribution in [0.2, 0.25) is 0 Å². The summed E-state index contributed by atoms with van der Waals surface area (Å²) in [7, 11) is 0. The normalized spacial score (nSPS) is 10.2. The summed E-state index contributed by atoms with van der Waals surface area (Å²) < 4.78 is 4.98. The number of nitrogens with one attached hydrogen (secondary N) is 1. The van der Waals surface area contributed by atoms with Gasteiger partial charge in [-0.2, -0.15) is 0 Å². The molecule has 3 nitrogen and oxygen atoms in total. The summed E-state index contributed by atoms with van der Waals surface area (Å²) in [6, 6.07) is 5.96. The van der Waals surface area contributed by atoms with Crippen LogP contribution in [0.5, 0.6) is 0 Å². The van der Waals surface area contributed by atoms with Crippen molar-refractivity contribution in [3.8, 4) is 0 Å². The molecule has 0 aliphatic heterocycles. The summed E-state index contributed by atoms with van der Waals surface area (Å²) in [6.07, 6.45) is 7.29. The van der Waals surface area contributed by atoms with E-state index >= 15 is 0 Å². The second-order valence-electron chi connectivity index (χ2n) is 3.07. The van der Waals surface area contributed by atoms with Gasteiger partial charge in [-0.3, -0.25) is 0 Å². The Labute approximate surface area is 92.9 Å². The van der Waals surface area contributed by atoms with Crippen LogP contribution >= 0.6 is 11.8 Å². The van der Waals surface area contributed by atoms with E-state index in [2.05, 4.69) is 16.4 Å². The summed E-state index contributed by atoms with van der Waals surface area (Å²) >= 11 is 1.69. The van der Waals surface area contributed by atoms with Crippen LogP contribution in [0.1, 0.15) is 5.56 Å². The molecule has 0 aliphatic carbocycles. The first-order valence-corrected chi connectivity index (χ1v) is 5.86. The van der Waals surface area contributed by atoms with Gasteiger partial charge in [0.15, 0.2) is 0 Å². The maximum Gasteiger partial charge on any atom is 0.126 e. The minimum atomic E-state index is 0.738. The van der Waals surface area contributed by atoms with Crippen molar-refractivity contribution in [2.24, 2.45) is 0 Å². The molecule has 0 radical (unpaired) electrons. The molecule has 0 bridgehead atoms. The van der Waals surface area contributed by atoms with Gasteiger partial charge in [0.25, 0.3) is 0 Å². The predicted octanol–water partition coefficient (Wildman–Crippen LogP) is 3.01. The van der Waals surface area contributed by atoms with E-state index in [1.54, 1.807) is 24.3 Å². The molecule has 15 heavy (non-hydrogen) atoms. The monoisotopic (exact) mass is 220 g/mol. The van der Waals surface area contributed by atoms with Gasteiger partial charge in [-0.05, 0) is 24.5 Å². The van der Waals surface area contributed by atoms with Gasteiger partial charge in [-0.25, -0.2) is 4.98 Å². The lowest BCUT2D eigenvalue weighted by Crippen LogP contribution is -1.99. The smallest absolute Gasteiger partial charge is 0.126 e. The molecule has 4 heteroatoms. The van der Waals surface area contributed by atoms with Crippen LogP contribution in [-0.2, 0) is 6.54 Å². The number of hydrogen-bond acceptors (Lipinski definition) is 4. The molecule has 0 spiro atoms. The zero-order chi connectivity index (χ0) is 10.5. The molecular weight excluding hydrogens is 208 g/mol. The van der Waals surface area contributed by atoms with E-state index in [1.807, 2.05) is 24.6 Å². The molecule has 0 aromatic carbocycles. The Hall–Kier alpha value is -1.42. The fraction of sp³-hybridized carbons (Fsp3) is 0.182. The second kappa shape index (κ2) is 4.89. The first kappa shape index (κ1) is 10.1. The highest BCUT2D eigenvalue weighted by Gasteiger charge is 1.96. The highest BCUT2D eigenvalue weighted by molar-refractivity contribution is 7.98. The van der Waals surface area contributed by atoms with Crippen molar-refractivity contribution < 1.29 is 4.42 Å². The Morgan fingerprint density at radius 3 is 2.93 bits per heavy atom. The number of hydrogen-bond donors (Lipinski definition) is 1. The molecule has 78 valence electrons. The fourth-order valence-electron chi connectivity index (χ4n) is 1.19. The van der Waals surface area contributed by atoms with E-state index in [0.29, 0.717) is 0 Å². The standard InChI is InChI=1S/C11H12N2OS/c1-15-10-2-3-11(13-7-10)12-6-9-4-5-14-8-9/h2-5,7-8H,6H2,1H3,(H,12,13). The fourth-order valence-corrected chi connectivity index (χ4v) is 1.55. The number of nitrogens with zero attached hydrogens (tertiary/aromatic N) is 1. The molecule has 0 amide bonds. The molecule has 0 atom stereocenters. The van der Waals surface area contributed by atoms with Crippen LogP contribution in [0.15, 0.2) is 46.2 Å². The molecular formula is C11H12N2OS. The molecule has 0 saturated heterocycles. The third-order valence-electron chi connectivity index (χ3n) is 2.03. The zero-order valence-electron chi connectivity index (χ0n) is 8.43. The number of thioether (sulfide) groups is 1. The minimum Gasteiger partial charge on any atom is -0.472 e. The molecule has 0 unspecified atom stereocenters. The lowest BCUT2D eigenvalue weighted by molar-refractivity contribution is 0.564. The van der Waals surface area contributed by atoms with E-state index in [4.69, 9.17) is 4.42 Å². The summed E-state index contributed by atoms with van der Waals surface area (Å²) in [5.74, 6) is 0.883. The molecule has 2 heterocycles. The lowest BCUT2D eigenvalue weighted by atomic mass is 10.3. The minimum absolute atomic E-state index is 0.738. The van der Waals surface area contributed by atoms with Crippen molar-refractivity contribution >= 4 is 17.6 Å². The van der Waals surface area contributed by atoms with Crippen molar-refractivity contribution in [2.75, 3.05) is 11.6 Å². The molecule has 2 rings (SSSR count). The highest BCUT2D eigenvalue weighted by atomic mass is 32.2. The Kier molecular flexibility index (Phi) is 3.29. The van der Waals surface area contributed by atoms with Crippen LogP contribution in [0.4, 0.5) is 5.82 Å². The quantitative estimate of drug-likeness (QED) is 0.804. The maximum absolute atomic E-state index is 4.98. The number of rotatable bonds is 4. The average Bonchev–Trinajstić information content (AvgIpc) is 2.80. The van der Waals surface area contributed by atoms with E-state index in [-0.39, 0.29) is 0 Å². The SMILES string of the molecule is CSc1ccc(NCc2ccoc2)nc1. The van der Waals surface area contributed by atoms with E-state index in [1.165, 1.54) is 4.90 Å². The van der Waals surface area contributed by atoms with Gasteiger partial charge >= 0.3 is 0 Å². The predicted molar refractivity (Wildman–Crippen MR) is 62.1 cm³/mol. The maximum atomic E-state index is 4.98. The third-order valence-corrected chi connectivity index (χ3v) is 2.74. The molecule has 0 aliphatic rings. The van der Waals surface area contributed by atoms with Crippen LogP contribution in [0.25, 0.3) is 0 Å². The number of furan rings is 1. The Balaban J connectivity index is 1.93. The largest absolute Gasteiger partial charge is 0.472 e. The van der Waals surface area contributed by atoms with E-state index in [9.17, 15) is 0 Å². The number of anilines is 1. The highest BCUT2D eigenvalue weighted by Crippen LogP contribution is 2.15. The van der Waals surface area contributed by atoms with Crippen molar-refractivity contribution in [1.82, 2.24) is 4.98 Å². The summed E-state index contributed by atoms with van der Waals surface area (Å²) in [6.45, 7) is 0.738. The lowest BCUT2D eigenvalue weighted by Gasteiger charge is -2.03. The van der Waals surface area contributed by atoms with Crippen LogP contribution < -0.4 is 5.32 Å². The topological polar surface area (TPSA) is 38.1 Å². The Bertz CT molecular complexity index is 397. The Morgan fingerprint density at radius 2 is 2.33 bits per heavy atom. The van der Waals surface area contributed by atoms with Crippen LogP contribution in [0.3, 0.4) is 0 Å². The first-order chi connectivity index (χ1) is 7.38. The summed E-state index contributed by atoms with van der Waals surface area (Å²) in [5, 5.41) is 3.22. The van der Waals surface area contributed by atoms with E-state index < -0.39 is 0 Å². The third kappa shape index (κ3) is 2.76. The molecule has 1 N–H and O–H groups in total.